The fraction of sp³-hybridized carbons (Fsp3) is 0.750. The van der Waals surface area contributed by atoms with Gasteiger partial charge in [0.2, 0.25) is 5.91 Å². The second kappa shape index (κ2) is 7.68. The number of carbonyl (C=O) groups is 3. The number of hydrogen-bond acceptors (Lipinski definition) is 4. The summed E-state index contributed by atoms with van der Waals surface area (Å²) < 4.78 is 5.18. The van der Waals surface area contributed by atoms with Crippen molar-refractivity contribution in [2.75, 3.05) is 26.3 Å². The maximum absolute atomic E-state index is 12.0. The summed E-state index contributed by atoms with van der Waals surface area (Å²) in [7, 11) is 0. The van der Waals surface area contributed by atoms with E-state index in [1.54, 1.807) is 0 Å². The van der Waals surface area contributed by atoms with Gasteiger partial charge in [-0.25, -0.2) is 4.79 Å². The molecule has 0 bridgehead atoms. The Balaban J connectivity index is 2.46. The number of carboxylic acid groups (broad SMARTS) is 1. The number of ether oxygens (including phenoxy) is 1. The van der Waals surface area contributed by atoms with E-state index in [-0.39, 0.29) is 31.5 Å². The predicted molar refractivity (Wildman–Crippen MR) is 70.2 cm³/mol. The van der Waals surface area contributed by atoms with Crippen LogP contribution in [-0.4, -0.2) is 66.3 Å². The lowest BCUT2D eigenvalue weighted by molar-refractivity contribution is -0.139. The first kappa shape index (κ1) is 16.2. The molecule has 8 heteroatoms. The van der Waals surface area contributed by atoms with E-state index in [4.69, 9.17) is 9.84 Å². The number of hydrogen-bond donors (Lipinski definition) is 3. The molecule has 1 aliphatic heterocycles. The van der Waals surface area contributed by atoms with E-state index in [1.165, 1.54) is 4.90 Å². The van der Waals surface area contributed by atoms with E-state index in [1.807, 2.05) is 13.8 Å². The van der Waals surface area contributed by atoms with E-state index >= 15 is 0 Å². The third-order valence-corrected chi connectivity index (χ3v) is 2.75. The van der Waals surface area contributed by atoms with Crippen molar-refractivity contribution in [3.8, 4) is 0 Å². The Morgan fingerprint density at radius 3 is 2.70 bits per heavy atom. The fourth-order valence-electron chi connectivity index (χ4n) is 1.92. The number of carbonyl (C=O) groups excluding carboxylic acids is 2. The number of urea groups is 1. The van der Waals surface area contributed by atoms with Gasteiger partial charge in [0, 0.05) is 12.6 Å². The molecule has 0 aromatic carbocycles. The first-order valence-corrected chi connectivity index (χ1v) is 6.53. The topological polar surface area (TPSA) is 108 Å². The van der Waals surface area contributed by atoms with Crippen LogP contribution >= 0.6 is 0 Å². The number of aliphatic carboxylic acids is 1. The van der Waals surface area contributed by atoms with Gasteiger partial charge in [0.25, 0.3) is 0 Å². The lowest BCUT2D eigenvalue weighted by Gasteiger charge is -2.34. The zero-order valence-electron chi connectivity index (χ0n) is 11.7. The van der Waals surface area contributed by atoms with E-state index in [2.05, 4.69) is 10.6 Å². The van der Waals surface area contributed by atoms with E-state index in [0.29, 0.717) is 13.2 Å². The van der Waals surface area contributed by atoms with E-state index < -0.39 is 18.0 Å². The van der Waals surface area contributed by atoms with Crippen LogP contribution in [0, 0.1) is 0 Å². The van der Waals surface area contributed by atoms with Crippen LogP contribution in [0.5, 0.6) is 0 Å². The van der Waals surface area contributed by atoms with Crippen molar-refractivity contribution in [1.29, 1.82) is 0 Å². The van der Waals surface area contributed by atoms with Crippen LogP contribution in [0.15, 0.2) is 0 Å². The number of nitrogens with zero attached hydrogens (tertiary/aromatic N) is 1. The van der Waals surface area contributed by atoms with Gasteiger partial charge in [0.15, 0.2) is 0 Å². The summed E-state index contributed by atoms with van der Waals surface area (Å²) in [6.07, 6.45) is -0.175. The Hall–Kier alpha value is -1.83. The van der Waals surface area contributed by atoms with Crippen molar-refractivity contribution in [1.82, 2.24) is 15.5 Å². The zero-order chi connectivity index (χ0) is 15.1. The number of amides is 3. The molecule has 3 amide bonds. The molecule has 114 valence electrons. The third-order valence-electron chi connectivity index (χ3n) is 2.75. The van der Waals surface area contributed by atoms with Crippen molar-refractivity contribution < 1.29 is 24.2 Å². The molecule has 8 nitrogen and oxygen atoms in total. The molecule has 1 heterocycles. The van der Waals surface area contributed by atoms with Crippen LogP contribution in [-0.2, 0) is 14.3 Å². The molecule has 0 radical (unpaired) electrons. The Morgan fingerprint density at radius 1 is 1.40 bits per heavy atom. The summed E-state index contributed by atoms with van der Waals surface area (Å²) in [5.74, 6) is -1.27. The normalized spacial score (nSPS) is 18.8. The Kier molecular flexibility index (Phi) is 6.23. The highest BCUT2D eigenvalue weighted by Crippen LogP contribution is 2.10. The van der Waals surface area contributed by atoms with E-state index in [0.717, 1.165) is 0 Å². The molecule has 0 saturated carbocycles. The monoisotopic (exact) mass is 287 g/mol. The second-order valence-corrected chi connectivity index (χ2v) is 4.90. The van der Waals surface area contributed by atoms with Crippen molar-refractivity contribution in [2.24, 2.45) is 0 Å². The summed E-state index contributed by atoms with van der Waals surface area (Å²) in [5.41, 5.74) is 0. The number of morpholine rings is 1. The van der Waals surface area contributed by atoms with E-state index in [9.17, 15) is 14.4 Å². The maximum Gasteiger partial charge on any atom is 0.318 e. The summed E-state index contributed by atoms with van der Waals surface area (Å²) in [4.78, 5) is 35.6. The highest BCUT2D eigenvalue weighted by atomic mass is 16.5. The van der Waals surface area contributed by atoms with Gasteiger partial charge in [-0.15, -0.1) is 0 Å². The average molecular weight is 287 g/mol. The Morgan fingerprint density at radius 2 is 2.10 bits per heavy atom. The number of rotatable bonds is 5. The molecule has 1 atom stereocenters. The molecule has 1 saturated heterocycles. The molecule has 0 aromatic heterocycles. The average Bonchev–Trinajstić information content (AvgIpc) is 2.35. The van der Waals surface area contributed by atoms with Crippen LogP contribution in [0.3, 0.4) is 0 Å². The highest BCUT2D eigenvalue weighted by molar-refractivity contribution is 5.84. The Labute approximate surface area is 117 Å². The highest BCUT2D eigenvalue weighted by Gasteiger charge is 2.29. The molecule has 1 aliphatic rings. The molecule has 1 rings (SSSR count). The van der Waals surface area contributed by atoms with Gasteiger partial charge in [0.05, 0.1) is 32.2 Å². The zero-order valence-corrected chi connectivity index (χ0v) is 11.7. The lowest BCUT2D eigenvalue weighted by Crippen LogP contribution is -2.54. The van der Waals surface area contributed by atoms with Gasteiger partial charge in [-0.2, -0.15) is 0 Å². The summed E-state index contributed by atoms with van der Waals surface area (Å²) in [5, 5.41) is 13.9. The third kappa shape index (κ3) is 5.43. The minimum absolute atomic E-state index is 0.00236. The van der Waals surface area contributed by atoms with Crippen molar-refractivity contribution in [3.05, 3.63) is 0 Å². The maximum atomic E-state index is 12.0. The van der Waals surface area contributed by atoms with Crippen molar-refractivity contribution in [3.63, 3.8) is 0 Å². The van der Waals surface area contributed by atoms with Crippen LogP contribution < -0.4 is 10.6 Å². The lowest BCUT2D eigenvalue weighted by atomic mass is 10.1. The molecule has 3 N–H and O–H groups in total. The summed E-state index contributed by atoms with van der Waals surface area (Å²) in [6, 6.07) is -0.949. The fourth-order valence-corrected chi connectivity index (χ4v) is 1.92. The number of nitrogens with one attached hydrogen (secondary N) is 2. The van der Waals surface area contributed by atoms with Gasteiger partial charge in [-0.05, 0) is 13.8 Å². The molecule has 0 aromatic rings. The van der Waals surface area contributed by atoms with Crippen LogP contribution in [0.4, 0.5) is 4.79 Å². The van der Waals surface area contributed by atoms with Gasteiger partial charge in [-0.3, -0.25) is 9.59 Å². The SMILES string of the molecule is CC(C)NC(=O)CNC(=O)N1CCOCC1CC(=O)O. The quantitative estimate of drug-likeness (QED) is 0.625. The molecule has 1 fully saturated rings. The molecular formula is C12H21N3O5. The standard InChI is InChI=1S/C12H21N3O5/c1-8(2)14-10(16)6-13-12(19)15-3-4-20-7-9(15)5-11(17)18/h8-9H,3-7H2,1-2H3,(H,13,19)(H,14,16)(H,17,18). The van der Waals surface area contributed by atoms with Crippen LogP contribution in [0.1, 0.15) is 20.3 Å². The molecular weight excluding hydrogens is 266 g/mol. The largest absolute Gasteiger partial charge is 0.481 e. The molecule has 20 heavy (non-hydrogen) atoms. The minimum atomic E-state index is -0.990. The van der Waals surface area contributed by atoms with Crippen LogP contribution in [0.25, 0.3) is 0 Å². The first-order chi connectivity index (χ1) is 9.40. The Bertz CT molecular complexity index is 372. The van der Waals surface area contributed by atoms with Gasteiger partial charge in [-0.1, -0.05) is 0 Å². The smallest absolute Gasteiger partial charge is 0.318 e. The molecule has 1 unspecified atom stereocenters. The summed E-state index contributed by atoms with van der Waals surface area (Å²) >= 11 is 0. The first-order valence-electron chi connectivity index (χ1n) is 6.53. The minimum Gasteiger partial charge on any atom is -0.481 e. The summed E-state index contributed by atoms with van der Waals surface area (Å²) in [6.45, 7) is 4.39. The van der Waals surface area contributed by atoms with Crippen molar-refractivity contribution in [2.45, 2.75) is 32.4 Å². The van der Waals surface area contributed by atoms with Gasteiger partial charge < -0.3 is 25.4 Å². The second-order valence-electron chi connectivity index (χ2n) is 4.90. The van der Waals surface area contributed by atoms with Gasteiger partial charge >= 0.3 is 12.0 Å². The van der Waals surface area contributed by atoms with Crippen molar-refractivity contribution >= 4 is 17.9 Å². The number of carboxylic acids is 1. The van der Waals surface area contributed by atoms with Crippen LogP contribution in [0.2, 0.25) is 0 Å². The predicted octanol–water partition coefficient (Wildman–Crippen LogP) is -0.604. The van der Waals surface area contributed by atoms with Gasteiger partial charge in [0.1, 0.15) is 0 Å². The molecule has 0 spiro atoms. The molecule has 0 aliphatic carbocycles.